The largest absolute Gasteiger partial charge is 0.356 e. The van der Waals surface area contributed by atoms with Gasteiger partial charge in [-0.05, 0) is 31.0 Å². The molecule has 7 heteroatoms. The van der Waals surface area contributed by atoms with E-state index in [0.29, 0.717) is 11.3 Å². The quantitative estimate of drug-likeness (QED) is 0.917. The van der Waals surface area contributed by atoms with Crippen molar-refractivity contribution in [2.45, 2.75) is 18.9 Å². The Labute approximate surface area is 134 Å². The maximum absolute atomic E-state index is 12.1. The molecule has 2 aromatic heterocycles. The van der Waals surface area contributed by atoms with Gasteiger partial charge in [-0.15, -0.1) is 0 Å². The summed E-state index contributed by atoms with van der Waals surface area (Å²) in [4.78, 5) is 18.6. The Morgan fingerprint density at radius 3 is 2.83 bits per heavy atom. The Morgan fingerprint density at radius 1 is 1.39 bits per heavy atom. The molecule has 1 aliphatic heterocycles. The van der Waals surface area contributed by atoms with Gasteiger partial charge in [-0.2, -0.15) is 10.4 Å². The molecule has 0 aliphatic carbocycles. The van der Waals surface area contributed by atoms with Crippen molar-refractivity contribution in [3.05, 3.63) is 41.9 Å². The summed E-state index contributed by atoms with van der Waals surface area (Å²) in [6.07, 6.45) is 5.10. The molecule has 1 amide bonds. The zero-order valence-electron chi connectivity index (χ0n) is 12.9. The van der Waals surface area contributed by atoms with Gasteiger partial charge in [0.15, 0.2) is 0 Å². The van der Waals surface area contributed by atoms with Crippen LogP contribution in [0, 0.1) is 11.3 Å². The van der Waals surface area contributed by atoms with E-state index in [1.165, 1.54) is 0 Å². The van der Waals surface area contributed by atoms with Crippen molar-refractivity contribution < 1.29 is 4.79 Å². The molecule has 0 bridgehead atoms. The normalized spacial score (nSPS) is 15.2. The zero-order chi connectivity index (χ0) is 16.2. The van der Waals surface area contributed by atoms with Crippen LogP contribution in [0.25, 0.3) is 0 Å². The molecule has 1 aliphatic rings. The van der Waals surface area contributed by atoms with Crippen molar-refractivity contribution in [2.24, 2.45) is 7.05 Å². The van der Waals surface area contributed by atoms with Crippen LogP contribution >= 0.6 is 0 Å². The molecule has 1 N–H and O–H groups in total. The fourth-order valence-corrected chi connectivity index (χ4v) is 2.71. The van der Waals surface area contributed by atoms with E-state index in [1.54, 1.807) is 42.3 Å². The van der Waals surface area contributed by atoms with Crippen molar-refractivity contribution in [2.75, 3.05) is 18.0 Å². The van der Waals surface area contributed by atoms with E-state index in [-0.39, 0.29) is 11.9 Å². The first-order valence-electron chi connectivity index (χ1n) is 7.57. The first-order valence-corrected chi connectivity index (χ1v) is 7.57. The van der Waals surface area contributed by atoms with Gasteiger partial charge in [0, 0.05) is 38.6 Å². The number of rotatable bonds is 3. The second-order valence-electron chi connectivity index (χ2n) is 5.62. The lowest BCUT2D eigenvalue weighted by atomic mass is 10.0. The molecule has 3 heterocycles. The first kappa shape index (κ1) is 15.0. The van der Waals surface area contributed by atoms with E-state index in [9.17, 15) is 4.79 Å². The molecule has 23 heavy (non-hydrogen) atoms. The number of aromatic nitrogens is 3. The van der Waals surface area contributed by atoms with Crippen molar-refractivity contribution in [3.8, 4) is 6.07 Å². The van der Waals surface area contributed by atoms with Gasteiger partial charge in [-0.25, -0.2) is 4.98 Å². The molecule has 0 saturated carbocycles. The number of pyridine rings is 1. The summed E-state index contributed by atoms with van der Waals surface area (Å²) >= 11 is 0. The van der Waals surface area contributed by atoms with Gasteiger partial charge >= 0.3 is 0 Å². The van der Waals surface area contributed by atoms with Crippen LogP contribution in [-0.2, 0) is 7.05 Å². The third-order valence-electron chi connectivity index (χ3n) is 3.98. The van der Waals surface area contributed by atoms with E-state index < -0.39 is 0 Å². The Bertz CT molecular complexity index is 739. The van der Waals surface area contributed by atoms with Crippen molar-refractivity contribution in [1.29, 1.82) is 5.26 Å². The van der Waals surface area contributed by atoms with Crippen LogP contribution in [0.1, 0.15) is 28.9 Å². The fraction of sp³-hybridized carbons (Fsp3) is 0.375. The number of nitrogens with one attached hydrogen (secondary N) is 1. The number of nitriles is 1. The monoisotopic (exact) mass is 310 g/mol. The molecule has 1 fully saturated rings. The highest BCUT2D eigenvalue weighted by Crippen LogP contribution is 2.18. The molecule has 1 saturated heterocycles. The minimum absolute atomic E-state index is 0.131. The summed E-state index contributed by atoms with van der Waals surface area (Å²) in [7, 11) is 1.79. The Hall–Kier alpha value is -2.88. The number of amides is 1. The van der Waals surface area contributed by atoms with E-state index in [0.717, 1.165) is 31.7 Å². The van der Waals surface area contributed by atoms with Crippen LogP contribution < -0.4 is 10.2 Å². The third-order valence-corrected chi connectivity index (χ3v) is 3.98. The molecule has 118 valence electrons. The second kappa shape index (κ2) is 6.48. The highest BCUT2D eigenvalue weighted by Gasteiger charge is 2.22. The van der Waals surface area contributed by atoms with Gasteiger partial charge in [0.1, 0.15) is 11.5 Å². The summed E-state index contributed by atoms with van der Waals surface area (Å²) in [6, 6.07) is 7.47. The third kappa shape index (κ3) is 3.48. The van der Waals surface area contributed by atoms with Crippen LogP contribution in [-0.4, -0.2) is 39.8 Å². The SMILES string of the molecule is Cn1ccc(C(=O)NC2CCN(c3cc(C#N)ccn3)CC2)n1. The summed E-state index contributed by atoms with van der Waals surface area (Å²) in [5.74, 6) is 0.687. The fourth-order valence-electron chi connectivity index (χ4n) is 2.71. The highest BCUT2D eigenvalue weighted by molar-refractivity contribution is 5.92. The van der Waals surface area contributed by atoms with Crippen molar-refractivity contribution in [1.82, 2.24) is 20.1 Å². The van der Waals surface area contributed by atoms with E-state index in [2.05, 4.69) is 26.4 Å². The van der Waals surface area contributed by atoms with Crippen LogP contribution in [0.3, 0.4) is 0 Å². The maximum Gasteiger partial charge on any atom is 0.271 e. The molecule has 0 atom stereocenters. The van der Waals surface area contributed by atoms with E-state index in [4.69, 9.17) is 5.26 Å². The van der Waals surface area contributed by atoms with Crippen LogP contribution in [0.5, 0.6) is 0 Å². The lowest BCUT2D eigenvalue weighted by Gasteiger charge is -2.33. The Balaban J connectivity index is 1.56. The van der Waals surface area contributed by atoms with Gasteiger partial charge in [0.05, 0.1) is 11.6 Å². The van der Waals surface area contributed by atoms with Gasteiger partial charge < -0.3 is 10.2 Å². The maximum atomic E-state index is 12.1. The summed E-state index contributed by atoms with van der Waals surface area (Å²) in [5, 5.41) is 16.1. The topological polar surface area (TPSA) is 86.8 Å². The predicted octanol–water partition coefficient (Wildman–Crippen LogP) is 1.09. The number of anilines is 1. The minimum Gasteiger partial charge on any atom is -0.356 e. The average Bonchev–Trinajstić information content (AvgIpc) is 3.02. The Morgan fingerprint density at radius 2 is 2.17 bits per heavy atom. The zero-order valence-corrected chi connectivity index (χ0v) is 12.9. The number of nitrogens with zero attached hydrogens (tertiary/aromatic N) is 5. The summed E-state index contributed by atoms with van der Waals surface area (Å²) in [6.45, 7) is 1.60. The molecule has 0 unspecified atom stereocenters. The summed E-state index contributed by atoms with van der Waals surface area (Å²) < 4.78 is 1.62. The van der Waals surface area contributed by atoms with E-state index >= 15 is 0 Å². The standard InChI is InChI=1S/C16H18N6O/c1-21-7-5-14(20-21)16(23)19-13-3-8-22(9-4-13)15-10-12(11-17)2-6-18-15/h2,5-7,10,13H,3-4,8-9H2,1H3,(H,19,23). The average molecular weight is 310 g/mol. The molecular formula is C16H18N6O. The van der Waals surface area contributed by atoms with Crippen LogP contribution in [0.2, 0.25) is 0 Å². The number of piperidine rings is 1. The van der Waals surface area contributed by atoms with E-state index in [1.807, 2.05) is 0 Å². The lowest BCUT2D eigenvalue weighted by Crippen LogP contribution is -2.45. The van der Waals surface area contributed by atoms with Crippen LogP contribution in [0.4, 0.5) is 5.82 Å². The molecule has 7 nitrogen and oxygen atoms in total. The molecule has 0 radical (unpaired) electrons. The predicted molar refractivity (Wildman–Crippen MR) is 84.9 cm³/mol. The van der Waals surface area contributed by atoms with Crippen LogP contribution in [0.15, 0.2) is 30.6 Å². The minimum atomic E-state index is -0.131. The molecular weight excluding hydrogens is 292 g/mol. The van der Waals surface area contributed by atoms with Gasteiger partial charge in [-0.1, -0.05) is 0 Å². The second-order valence-corrected chi connectivity index (χ2v) is 5.62. The number of hydrogen-bond donors (Lipinski definition) is 1. The number of carbonyl (C=O) groups is 1. The van der Waals surface area contributed by atoms with Crippen molar-refractivity contribution in [3.63, 3.8) is 0 Å². The number of aryl methyl sites for hydroxylation is 1. The van der Waals surface area contributed by atoms with Gasteiger partial charge in [0.2, 0.25) is 0 Å². The molecule has 2 aromatic rings. The smallest absolute Gasteiger partial charge is 0.271 e. The molecule has 0 aromatic carbocycles. The summed E-state index contributed by atoms with van der Waals surface area (Å²) in [5.41, 5.74) is 1.05. The molecule has 0 spiro atoms. The highest BCUT2D eigenvalue weighted by atomic mass is 16.2. The number of hydrogen-bond acceptors (Lipinski definition) is 5. The Kier molecular flexibility index (Phi) is 4.24. The first-order chi connectivity index (χ1) is 11.2. The lowest BCUT2D eigenvalue weighted by molar-refractivity contribution is 0.0925. The van der Waals surface area contributed by atoms with Gasteiger partial charge in [-0.3, -0.25) is 9.48 Å². The molecule has 3 rings (SSSR count). The number of carbonyl (C=O) groups excluding carboxylic acids is 1. The van der Waals surface area contributed by atoms with Gasteiger partial charge in [0.25, 0.3) is 5.91 Å². The van der Waals surface area contributed by atoms with Crippen molar-refractivity contribution >= 4 is 11.7 Å².